The standard InChI is InChI=1S/C12H15F2NO2/c1-8(2)15(6-5-12(16)17)9-3-4-10(13)11(14)7-9/h3-4,7-8H,5-6H2,1-2H3,(H,16,17). The molecule has 0 aromatic heterocycles. The molecule has 5 heteroatoms. The highest BCUT2D eigenvalue weighted by Gasteiger charge is 2.14. The van der Waals surface area contributed by atoms with Crippen molar-refractivity contribution in [2.45, 2.75) is 26.3 Å². The van der Waals surface area contributed by atoms with Gasteiger partial charge in [0.2, 0.25) is 0 Å². The molecule has 1 rings (SSSR count). The van der Waals surface area contributed by atoms with Crippen LogP contribution in [0.1, 0.15) is 20.3 Å². The first-order chi connectivity index (χ1) is 7.91. The van der Waals surface area contributed by atoms with Crippen LogP contribution in [0.4, 0.5) is 14.5 Å². The summed E-state index contributed by atoms with van der Waals surface area (Å²) in [6.45, 7) is 3.99. The molecule has 1 aromatic carbocycles. The van der Waals surface area contributed by atoms with Crippen LogP contribution in [0.2, 0.25) is 0 Å². The summed E-state index contributed by atoms with van der Waals surface area (Å²) in [6, 6.07) is 3.58. The molecule has 1 aromatic rings. The molecule has 0 atom stereocenters. The topological polar surface area (TPSA) is 40.5 Å². The maximum absolute atomic E-state index is 13.1. The summed E-state index contributed by atoms with van der Waals surface area (Å²) in [6.07, 6.45) is -0.0445. The van der Waals surface area contributed by atoms with E-state index in [1.807, 2.05) is 13.8 Å². The van der Waals surface area contributed by atoms with Gasteiger partial charge in [0.05, 0.1) is 6.42 Å². The fraction of sp³-hybridized carbons (Fsp3) is 0.417. The fourth-order valence-corrected chi connectivity index (χ4v) is 1.57. The lowest BCUT2D eigenvalue weighted by atomic mass is 10.2. The number of carboxylic acid groups (broad SMARTS) is 1. The third-order valence-corrected chi connectivity index (χ3v) is 2.42. The molecule has 0 saturated heterocycles. The molecule has 1 N–H and O–H groups in total. The second-order valence-corrected chi connectivity index (χ2v) is 4.03. The van der Waals surface area contributed by atoms with Crippen molar-refractivity contribution in [1.82, 2.24) is 0 Å². The Morgan fingerprint density at radius 3 is 2.47 bits per heavy atom. The minimum Gasteiger partial charge on any atom is -0.481 e. The Bertz CT molecular complexity index is 407. The van der Waals surface area contributed by atoms with Crippen molar-refractivity contribution in [1.29, 1.82) is 0 Å². The summed E-state index contributed by atoms with van der Waals surface area (Å²) < 4.78 is 25.9. The first-order valence-electron chi connectivity index (χ1n) is 5.35. The SMILES string of the molecule is CC(C)N(CCC(=O)O)c1ccc(F)c(F)c1. The van der Waals surface area contributed by atoms with Gasteiger partial charge in [0.15, 0.2) is 11.6 Å². The summed E-state index contributed by atoms with van der Waals surface area (Å²) in [7, 11) is 0. The summed E-state index contributed by atoms with van der Waals surface area (Å²) in [5, 5.41) is 8.63. The van der Waals surface area contributed by atoms with Gasteiger partial charge < -0.3 is 10.0 Å². The van der Waals surface area contributed by atoms with Crippen molar-refractivity contribution in [2.24, 2.45) is 0 Å². The van der Waals surface area contributed by atoms with E-state index in [4.69, 9.17) is 5.11 Å². The lowest BCUT2D eigenvalue weighted by Gasteiger charge is -2.28. The van der Waals surface area contributed by atoms with Gasteiger partial charge in [0.1, 0.15) is 0 Å². The van der Waals surface area contributed by atoms with Crippen LogP contribution in [0.3, 0.4) is 0 Å². The number of anilines is 1. The largest absolute Gasteiger partial charge is 0.481 e. The molecule has 0 heterocycles. The average Bonchev–Trinajstić information content (AvgIpc) is 2.22. The monoisotopic (exact) mass is 243 g/mol. The van der Waals surface area contributed by atoms with Gasteiger partial charge in [-0.05, 0) is 26.0 Å². The zero-order valence-corrected chi connectivity index (χ0v) is 9.78. The van der Waals surface area contributed by atoms with Gasteiger partial charge in [-0.2, -0.15) is 0 Å². The molecule has 0 unspecified atom stereocenters. The molecule has 0 saturated carbocycles. The summed E-state index contributed by atoms with van der Waals surface area (Å²) in [4.78, 5) is 12.2. The van der Waals surface area contributed by atoms with E-state index in [9.17, 15) is 13.6 Å². The van der Waals surface area contributed by atoms with Crippen LogP contribution >= 0.6 is 0 Å². The molecular weight excluding hydrogens is 228 g/mol. The maximum Gasteiger partial charge on any atom is 0.305 e. The van der Waals surface area contributed by atoms with Crippen molar-refractivity contribution >= 4 is 11.7 Å². The highest BCUT2D eigenvalue weighted by molar-refractivity contribution is 5.67. The molecule has 0 amide bonds. The first kappa shape index (κ1) is 13.4. The number of hydrogen-bond donors (Lipinski definition) is 1. The zero-order chi connectivity index (χ0) is 13.0. The summed E-state index contributed by atoms with van der Waals surface area (Å²) >= 11 is 0. The molecule has 0 spiro atoms. The van der Waals surface area contributed by atoms with Crippen LogP contribution < -0.4 is 4.90 Å². The normalized spacial score (nSPS) is 10.6. The highest BCUT2D eigenvalue weighted by atomic mass is 19.2. The van der Waals surface area contributed by atoms with Gasteiger partial charge in [-0.1, -0.05) is 0 Å². The van der Waals surface area contributed by atoms with Crippen LogP contribution in [0.5, 0.6) is 0 Å². The van der Waals surface area contributed by atoms with Gasteiger partial charge in [-0.15, -0.1) is 0 Å². The molecule has 0 fully saturated rings. The second kappa shape index (κ2) is 5.61. The zero-order valence-electron chi connectivity index (χ0n) is 9.78. The van der Waals surface area contributed by atoms with Gasteiger partial charge in [0.25, 0.3) is 0 Å². The molecule has 3 nitrogen and oxygen atoms in total. The molecular formula is C12H15F2NO2. The highest BCUT2D eigenvalue weighted by Crippen LogP contribution is 2.20. The molecule has 0 aliphatic rings. The third kappa shape index (κ3) is 3.69. The van der Waals surface area contributed by atoms with Crippen molar-refractivity contribution in [2.75, 3.05) is 11.4 Å². The van der Waals surface area contributed by atoms with Crippen molar-refractivity contribution in [3.8, 4) is 0 Å². The van der Waals surface area contributed by atoms with Gasteiger partial charge >= 0.3 is 5.97 Å². The van der Waals surface area contributed by atoms with Crippen molar-refractivity contribution < 1.29 is 18.7 Å². The summed E-state index contributed by atoms with van der Waals surface area (Å²) in [5.41, 5.74) is 0.486. The summed E-state index contributed by atoms with van der Waals surface area (Å²) in [5.74, 6) is -2.75. The van der Waals surface area contributed by atoms with E-state index >= 15 is 0 Å². The van der Waals surface area contributed by atoms with Gasteiger partial charge in [-0.3, -0.25) is 4.79 Å². The first-order valence-corrected chi connectivity index (χ1v) is 5.35. The molecule has 0 radical (unpaired) electrons. The van der Waals surface area contributed by atoms with E-state index in [1.54, 1.807) is 4.90 Å². The Morgan fingerprint density at radius 1 is 1.35 bits per heavy atom. The number of benzene rings is 1. The molecule has 0 bridgehead atoms. The number of carbonyl (C=O) groups is 1. The Kier molecular flexibility index (Phi) is 4.43. The van der Waals surface area contributed by atoms with Crippen LogP contribution in [0.25, 0.3) is 0 Å². The Morgan fingerprint density at radius 2 is 2.00 bits per heavy atom. The van der Waals surface area contributed by atoms with Crippen LogP contribution in [-0.2, 0) is 4.79 Å². The maximum atomic E-state index is 13.1. The minimum absolute atomic E-state index is 0.0132. The smallest absolute Gasteiger partial charge is 0.305 e. The molecule has 94 valence electrons. The van der Waals surface area contributed by atoms with Gasteiger partial charge in [-0.25, -0.2) is 8.78 Å². The fourth-order valence-electron chi connectivity index (χ4n) is 1.57. The number of aliphatic carboxylic acids is 1. The van der Waals surface area contributed by atoms with E-state index in [0.717, 1.165) is 12.1 Å². The predicted molar refractivity (Wildman–Crippen MR) is 61.1 cm³/mol. The number of carboxylic acids is 1. The van der Waals surface area contributed by atoms with Crippen molar-refractivity contribution in [3.63, 3.8) is 0 Å². The van der Waals surface area contributed by atoms with E-state index in [1.165, 1.54) is 6.07 Å². The molecule has 17 heavy (non-hydrogen) atoms. The lowest BCUT2D eigenvalue weighted by Crippen LogP contribution is -2.32. The van der Waals surface area contributed by atoms with E-state index in [-0.39, 0.29) is 19.0 Å². The van der Waals surface area contributed by atoms with Crippen molar-refractivity contribution in [3.05, 3.63) is 29.8 Å². The Labute approximate surface area is 98.7 Å². The van der Waals surface area contributed by atoms with E-state index < -0.39 is 17.6 Å². The second-order valence-electron chi connectivity index (χ2n) is 4.03. The van der Waals surface area contributed by atoms with Crippen LogP contribution in [-0.4, -0.2) is 23.7 Å². The minimum atomic E-state index is -0.927. The van der Waals surface area contributed by atoms with Gasteiger partial charge in [0, 0.05) is 24.3 Å². The number of halogens is 2. The molecule has 0 aliphatic carbocycles. The lowest BCUT2D eigenvalue weighted by molar-refractivity contribution is -0.136. The van der Waals surface area contributed by atoms with Crippen LogP contribution in [0.15, 0.2) is 18.2 Å². The average molecular weight is 243 g/mol. The quantitative estimate of drug-likeness (QED) is 0.864. The van der Waals surface area contributed by atoms with Crippen LogP contribution in [0, 0.1) is 11.6 Å². The third-order valence-electron chi connectivity index (χ3n) is 2.42. The number of hydrogen-bond acceptors (Lipinski definition) is 2. The van der Waals surface area contributed by atoms with E-state index in [0.29, 0.717) is 5.69 Å². The predicted octanol–water partition coefficient (Wildman–Crippen LogP) is 2.65. The Balaban J connectivity index is 2.89. The van der Waals surface area contributed by atoms with E-state index in [2.05, 4.69) is 0 Å². The number of nitrogens with zero attached hydrogens (tertiary/aromatic N) is 1. The Hall–Kier alpha value is -1.65. The number of rotatable bonds is 5. The molecule has 0 aliphatic heterocycles.